The number of benzene rings is 2. The molecule has 0 aliphatic carbocycles. The molecule has 0 bridgehead atoms. The molecule has 1 heterocycles. The number of rotatable bonds is 5. The summed E-state index contributed by atoms with van der Waals surface area (Å²) in [5, 5.41) is 2.38. The van der Waals surface area contributed by atoms with E-state index in [1.165, 1.54) is 4.90 Å². The highest BCUT2D eigenvalue weighted by Crippen LogP contribution is 2.35. The quantitative estimate of drug-likeness (QED) is 0.740. The van der Waals surface area contributed by atoms with Crippen LogP contribution >= 0.6 is 11.6 Å². The number of hydrogen-bond acceptors (Lipinski definition) is 3. The van der Waals surface area contributed by atoms with Crippen molar-refractivity contribution in [2.24, 2.45) is 0 Å². The highest BCUT2D eigenvalue weighted by molar-refractivity contribution is 6.33. The molecule has 9 heteroatoms. The van der Waals surface area contributed by atoms with E-state index in [-0.39, 0.29) is 29.6 Å². The SMILES string of the molecule is CCC1Oc2ccccc2N(CCC(=O)Nc2cc(C(F)(F)F)ccc2Cl)C1=O. The topological polar surface area (TPSA) is 58.6 Å². The van der Waals surface area contributed by atoms with Gasteiger partial charge >= 0.3 is 6.18 Å². The predicted molar refractivity (Wildman–Crippen MR) is 103 cm³/mol. The minimum Gasteiger partial charge on any atom is -0.478 e. The van der Waals surface area contributed by atoms with Crippen LogP contribution in [0.15, 0.2) is 42.5 Å². The number of amides is 2. The molecule has 1 aliphatic heterocycles. The smallest absolute Gasteiger partial charge is 0.416 e. The van der Waals surface area contributed by atoms with E-state index in [1.807, 2.05) is 6.92 Å². The molecule has 1 N–H and O–H groups in total. The van der Waals surface area contributed by atoms with Crippen LogP contribution in [0.1, 0.15) is 25.3 Å². The van der Waals surface area contributed by atoms with Crippen LogP contribution in [0.5, 0.6) is 5.75 Å². The maximum atomic E-state index is 12.9. The van der Waals surface area contributed by atoms with E-state index >= 15 is 0 Å². The number of nitrogens with one attached hydrogen (secondary N) is 1. The number of fused-ring (bicyclic) bond motifs is 1. The maximum Gasteiger partial charge on any atom is 0.416 e. The van der Waals surface area contributed by atoms with Crippen LogP contribution in [0.25, 0.3) is 0 Å². The van der Waals surface area contributed by atoms with Crippen LogP contribution in [0.3, 0.4) is 0 Å². The van der Waals surface area contributed by atoms with Crippen molar-refractivity contribution in [3.63, 3.8) is 0 Å². The maximum absolute atomic E-state index is 12.9. The lowest BCUT2D eigenvalue weighted by Crippen LogP contribution is -2.46. The van der Waals surface area contributed by atoms with Crippen molar-refractivity contribution in [3.8, 4) is 5.75 Å². The molecule has 5 nitrogen and oxygen atoms in total. The molecule has 29 heavy (non-hydrogen) atoms. The Bertz CT molecular complexity index is 933. The fraction of sp³-hybridized carbons (Fsp3) is 0.300. The van der Waals surface area contributed by atoms with Crippen LogP contribution in [0.4, 0.5) is 24.5 Å². The third kappa shape index (κ3) is 4.64. The van der Waals surface area contributed by atoms with Gasteiger partial charge in [0.2, 0.25) is 5.91 Å². The Kier molecular flexibility index (Phi) is 6.02. The van der Waals surface area contributed by atoms with Crippen molar-refractivity contribution in [3.05, 3.63) is 53.1 Å². The number of para-hydroxylation sites is 2. The molecule has 0 saturated heterocycles. The van der Waals surface area contributed by atoms with Gasteiger partial charge in [0, 0.05) is 13.0 Å². The molecule has 3 rings (SSSR count). The number of anilines is 2. The lowest BCUT2D eigenvalue weighted by atomic mass is 10.1. The summed E-state index contributed by atoms with van der Waals surface area (Å²) < 4.78 is 44.3. The minimum atomic E-state index is -4.55. The monoisotopic (exact) mass is 426 g/mol. The molecule has 0 saturated carbocycles. The first-order chi connectivity index (χ1) is 13.7. The van der Waals surface area contributed by atoms with Crippen LogP contribution in [-0.4, -0.2) is 24.5 Å². The summed E-state index contributed by atoms with van der Waals surface area (Å²) in [7, 11) is 0. The third-order valence-electron chi connectivity index (χ3n) is 4.47. The molecular weight excluding hydrogens is 409 g/mol. The highest BCUT2D eigenvalue weighted by Gasteiger charge is 2.33. The number of alkyl halides is 3. The summed E-state index contributed by atoms with van der Waals surface area (Å²) in [5.41, 5.74) is -0.501. The van der Waals surface area contributed by atoms with E-state index < -0.39 is 23.8 Å². The van der Waals surface area contributed by atoms with Crippen LogP contribution < -0.4 is 15.0 Å². The zero-order valence-electron chi connectivity index (χ0n) is 15.4. The van der Waals surface area contributed by atoms with Gasteiger partial charge in [-0.3, -0.25) is 9.59 Å². The third-order valence-corrected chi connectivity index (χ3v) is 4.80. The summed E-state index contributed by atoms with van der Waals surface area (Å²) in [5.74, 6) is -0.285. The number of hydrogen-bond donors (Lipinski definition) is 1. The van der Waals surface area contributed by atoms with Crippen molar-refractivity contribution in [2.45, 2.75) is 32.0 Å². The van der Waals surface area contributed by atoms with Gasteiger partial charge in [-0.15, -0.1) is 0 Å². The summed E-state index contributed by atoms with van der Waals surface area (Å²) in [4.78, 5) is 26.4. The van der Waals surface area contributed by atoms with Gasteiger partial charge in [-0.05, 0) is 36.8 Å². The van der Waals surface area contributed by atoms with Gasteiger partial charge in [-0.25, -0.2) is 0 Å². The number of carbonyl (C=O) groups is 2. The first-order valence-corrected chi connectivity index (χ1v) is 9.32. The fourth-order valence-electron chi connectivity index (χ4n) is 2.99. The average molecular weight is 427 g/mol. The summed E-state index contributed by atoms with van der Waals surface area (Å²) in [6, 6.07) is 9.67. The zero-order valence-corrected chi connectivity index (χ0v) is 16.2. The van der Waals surface area contributed by atoms with E-state index in [1.54, 1.807) is 24.3 Å². The lowest BCUT2D eigenvalue weighted by Gasteiger charge is -2.33. The number of ether oxygens (including phenoxy) is 1. The van der Waals surface area contributed by atoms with Crippen molar-refractivity contribution in [2.75, 3.05) is 16.8 Å². The molecule has 2 aromatic rings. The Labute approximate surface area is 170 Å². The van der Waals surface area contributed by atoms with E-state index in [9.17, 15) is 22.8 Å². The van der Waals surface area contributed by atoms with E-state index in [0.29, 0.717) is 17.9 Å². The second-order valence-corrected chi connectivity index (χ2v) is 6.87. The second kappa shape index (κ2) is 8.32. The molecule has 2 aromatic carbocycles. The normalized spacial score (nSPS) is 16.2. The molecule has 1 atom stereocenters. The highest BCUT2D eigenvalue weighted by atomic mass is 35.5. The van der Waals surface area contributed by atoms with Crippen LogP contribution in [-0.2, 0) is 15.8 Å². The number of carbonyl (C=O) groups excluding carboxylic acids is 2. The predicted octanol–water partition coefficient (Wildman–Crippen LogP) is 4.89. The van der Waals surface area contributed by atoms with E-state index in [0.717, 1.165) is 18.2 Å². The van der Waals surface area contributed by atoms with Crippen molar-refractivity contribution in [1.82, 2.24) is 0 Å². The summed E-state index contributed by atoms with van der Waals surface area (Å²) >= 11 is 5.90. The number of halogens is 4. The molecule has 154 valence electrons. The van der Waals surface area contributed by atoms with Crippen LogP contribution in [0.2, 0.25) is 5.02 Å². The van der Waals surface area contributed by atoms with Gasteiger partial charge in [-0.2, -0.15) is 13.2 Å². The van der Waals surface area contributed by atoms with E-state index in [2.05, 4.69) is 5.32 Å². The summed E-state index contributed by atoms with van der Waals surface area (Å²) in [6.45, 7) is 1.87. The Hall–Kier alpha value is -2.74. The Morgan fingerprint density at radius 1 is 1.24 bits per heavy atom. The zero-order chi connectivity index (χ0) is 21.2. The Morgan fingerprint density at radius 2 is 1.97 bits per heavy atom. The summed E-state index contributed by atoms with van der Waals surface area (Å²) in [6.07, 6.45) is -4.85. The van der Waals surface area contributed by atoms with Crippen molar-refractivity contribution in [1.29, 1.82) is 0 Å². The van der Waals surface area contributed by atoms with Gasteiger partial charge in [0.25, 0.3) is 5.91 Å². The van der Waals surface area contributed by atoms with Crippen molar-refractivity contribution >= 4 is 34.8 Å². The second-order valence-electron chi connectivity index (χ2n) is 6.46. The average Bonchev–Trinajstić information content (AvgIpc) is 2.67. The van der Waals surface area contributed by atoms with Gasteiger partial charge in [0.1, 0.15) is 5.75 Å². The molecule has 0 fully saturated rings. The minimum absolute atomic E-state index is 0.00908. The molecule has 0 radical (unpaired) electrons. The van der Waals surface area contributed by atoms with Gasteiger partial charge in [0.15, 0.2) is 6.10 Å². The number of nitrogens with zero attached hydrogens (tertiary/aromatic N) is 1. The molecule has 2 amide bonds. The van der Waals surface area contributed by atoms with Crippen molar-refractivity contribution < 1.29 is 27.5 Å². The first kappa shape index (κ1) is 21.0. The molecule has 0 aromatic heterocycles. The first-order valence-electron chi connectivity index (χ1n) is 8.94. The molecule has 1 unspecified atom stereocenters. The standard InChI is InChI=1S/C20H18ClF3N2O3/c1-2-16-19(28)26(15-5-3-4-6-17(15)29-16)10-9-18(27)25-14-11-12(20(22,23)24)7-8-13(14)21/h3-8,11,16H,2,9-10H2,1H3,(H,25,27). The molecule has 0 spiro atoms. The molecule has 1 aliphatic rings. The largest absolute Gasteiger partial charge is 0.478 e. The van der Waals surface area contributed by atoms with Gasteiger partial charge in [0.05, 0.1) is 22.0 Å². The Balaban J connectivity index is 1.72. The van der Waals surface area contributed by atoms with Gasteiger partial charge in [-0.1, -0.05) is 30.7 Å². The molecular formula is C20H18ClF3N2O3. The fourth-order valence-corrected chi connectivity index (χ4v) is 3.15. The van der Waals surface area contributed by atoms with E-state index in [4.69, 9.17) is 16.3 Å². The lowest BCUT2D eigenvalue weighted by molar-refractivity contribution is -0.137. The van der Waals surface area contributed by atoms with Gasteiger partial charge < -0.3 is 15.0 Å². The Morgan fingerprint density at radius 3 is 2.66 bits per heavy atom. The van der Waals surface area contributed by atoms with Crippen LogP contribution in [0, 0.1) is 0 Å².